The standard InChI is InChI=1S/C22H34N4O3.HI/c1-3-28-22(27)26-12-10-18(11-13-26)25-21(23)24-15-17-9-8-16(2)14-20(17)29-19-6-4-5-7-19;/h8-9,14,18-19H,3-7,10-13,15H2,1-2H3,(H3,23,24,25);1H. The number of piperidine rings is 1. The number of benzene rings is 1. The van der Waals surface area contributed by atoms with E-state index in [2.05, 4.69) is 35.4 Å². The van der Waals surface area contributed by atoms with Gasteiger partial charge in [-0.2, -0.15) is 0 Å². The number of amides is 1. The van der Waals surface area contributed by atoms with Crippen LogP contribution >= 0.6 is 24.0 Å². The summed E-state index contributed by atoms with van der Waals surface area (Å²) in [5.41, 5.74) is 8.38. The molecule has 0 bridgehead atoms. The first kappa shape index (κ1) is 24.6. The van der Waals surface area contributed by atoms with Crippen molar-refractivity contribution < 1.29 is 14.3 Å². The summed E-state index contributed by atoms with van der Waals surface area (Å²) in [6.07, 6.45) is 6.49. The monoisotopic (exact) mass is 530 g/mol. The number of carbonyl (C=O) groups excluding carboxylic acids is 1. The zero-order chi connectivity index (χ0) is 20.6. The van der Waals surface area contributed by atoms with Crippen LogP contribution in [0.2, 0.25) is 0 Å². The Morgan fingerprint density at radius 3 is 2.60 bits per heavy atom. The largest absolute Gasteiger partial charge is 0.490 e. The normalized spacial score (nSPS) is 18.1. The van der Waals surface area contributed by atoms with Gasteiger partial charge in [0.25, 0.3) is 0 Å². The molecule has 0 aromatic heterocycles. The molecule has 3 rings (SSSR count). The van der Waals surface area contributed by atoms with Gasteiger partial charge >= 0.3 is 6.09 Å². The molecule has 3 N–H and O–H groups in total. The Bertz CT molecular complexity index is 714. The predicted octanol–water partition coefficient (Wildman–Crippen LogP) is 3.96. The van der Waals surface area contributed by atoms with Crippen LogP contribution in [-0.4, -0.2) is 48.8 Å². The number of aryl methyl sites for hydroxylation is 1. The summed E-state index contributed by atoms with van der Waals surface area (Å²) in [4.78, 5) is 18.1. The zero-order valence-electron chi connectivity index (χ0n) is 18.1. The van der Waals surface area contributed by atoms with Crippen LogP contribution in [-0.2, 0) is 11.3 Å². The molecule has 0 spiro atoms. The average Bonchev–Trinajstić information content (AvgIpc) is 3.21. The molecule has 168 valence electrons. The molecule has 8 heteroatoms. The van der Waals surface area contributed by atoms with Crippen molar-refractivity contribution in [2.45, 2.75) is 71.1 Å². The van der Waals surface area contributed by atoms with Crippen LogP contribution in [0.4, 0.5) is 4.79 Å². The smallest absolute Gasteiger partial charge is 0.409 e. The average molecular weight is 530 g/mol. The Morgan fingerprint density at radius 2 is 1.93 bits per heavy atom. The van der Waals surface area contributed by atoms with Crippen LogP contribution < -0.4 is 15.8 Å². The number of aliphatic imine (C=N–C) groups is 1. The van der Waals surface area contributed by atoms with E-state index in [-0.39, 0.29) is 36.1 Å². The highest BCUT2D eigenvalue weighted by Crippen LogP contribution is 2.28. The molecule has 7 nitrogen and oxygen atoms in total. The van der Waals surface area contributed by atoms with E-state index in [0.717, 1.165) is 37.0 Å². The van der Waals surface area contributed by atoms with Crippen LogP contribution in [0.25, 0.3) is 0 Å². The number of nitrogens with zero attached hydrogens (tertiary/aromatic N) is 2. The van der Waals surface area contributed by atoms with E-state index in [1.807, 2.05) is 6.92 Å². The number of nitrogens with one attached hydrogen (secondary N) is 1. The SMILES string of the molecule is CCOC(=O)N1CCC(NC(N)=NCc2ccc(C)cc2OC2CCCC2)CC1.I. The van der Waals surface area contributed by atoms with E-state index < -0.39 is 0 Å². The third-order valence-electron chi connectivity index (χ3n) is 5.61. The Kier molecular flexibility index (Phi) is 10.0. The summed E-state index contributed by atoms with van der Waals surface area (Å²) in [6.45, 7) is 6.13. The van der Waals surface area contributed by atoms with Crippen LogP contribution in [0.1, 0.15) is 56.6 Å². The molecule has 1 aliphatic carbocycles. The third kappa shape index (κ3) is 7.21. The molecule has 1 aromatic carbocycles. The van der Waals surface area contributed by atoms with Gasteiger partial charge in [0.2, 0.25) is 0 Å². The zero-order valence-corrected chi connectivity index (χ0v) is 20.4. The molecule has 2 fully saturated rings. The van der Waals surface area contributed by atoms with E-state index >= 15 is 0 Å². The summed E-state index contributed by atoms with van der Waals surface area (Å²) in [5, 5.41) is 3.29. The minimum Gasteiger partial charge on any atom is -0.490 e. The van der Waals surface area contributed by atoms with E-state index in [0.29, 0.717) is 38.3 Å². The molecule has 1 heterocycles. The van der Waals surface area contributed by atoms with Crippen molar-refractivity contribution in [3.8, 4) is 5.75 Å². The topological polar surface area (TPSA) is 89.2 Å². The maximum Gasteiger partial charge on any atom is 0.409 e. The van der Waals surface area contributed by atoms with Gasteiger partial charge in [0.15, 0.2) is 5.96 Å². The van der Waals surface area contributed by atoms with Gasteiger partial charge in [0.05, 0.1) is 19.3 Å². The fraction of sp³-hybridized carbons (Fsp3) is 0.636. The van der Waals surface area contributed by atoms with Crippen LogP contribution in [0.15, 0.2) is 23.2 Å². The summed E-state index contributed by atoms with van der Waals surface area (Å²) in [7, 11) is 0. The number of hydrogen-bond donors (Lipinski definition) is 2. The van der Waals surface area contributed by atoms with E-state index in [9.17, 15) is 4.79 Å². The number of hydrogen-bond acceptors (Lipinski definition) is 4. The van der Waals surface area contributed by atoms with Gasteiger partial charge in [-0.1, -0.05) is 12.1 Å². The second kappa shape index (κ2) is 12.2. The fourth-order valence-corrected chi connectivity index (χ4v) is 3.93. The number of likely N-dealkylation sites (tertiary alicyclic amines) is 1. The van der Waals surface area contributed by atoms with E-state index in [4.69, 9.17) is 15.2 Å². The predicted molar refractivity (Wildman–Crippen MR) is 130 cm³/mol. The lowest BCUT2D eigenvalue weighted by atomic mass is 10.1. The number of halogens is 1. The maximum atomic E-state index is 11.8. The van der Waals surface area contributed by atoms with Crippen molar-refractivity contribution in [2.24, 2.45) is 10.7 Å². The first-order valence-corrected chi connectivity index (χ1v) is 10.8. The lowest BCUT2D eigenvalue weighted by Crippen LogP contribution is -2.48. The van der Waals surface area contributed by atoms with Crippen molar-refractivity contribution in [3.63, 3.8) is 0 Å². The first-order valence-electron chi connectivity index (χ1n) is 10.8. The molecule has 0 atom stereocenters. The molecule has 1 saturated carbocycles. The van der Waals surface area contributed by atoms with E-state index in [1.165, 1.54) is 18.4 Å². The van der Waals surface area contributed by atoms with Crippen LogP contribution in [0.3, 0.4) is 0 Å². The van der Waals surface area contributed by atoms with Crippen molar-refractivity contribution in [2.75, 3.05) is 19.7 Å². The molecule has 30 heavy (non-hydrogen) atoms. The summed E-state index contributed by atoms with van der Waals surface area (Å²) < 4.78 is 11.3. The lowest BCUT2D eigenvalue weighted by Gasteiger charge is -2.31. The molecule has 1 amide bonds. The quantitative estimate of drug-likeness (QED) is 0.330. The number of carbonyl (C=O) groups is 1. The van der Waals surface area contributed by atoms with Crippen LogP contribution in [0.5, 0.6) is 5.75 Å². The minimum atomic E-state index is -0.234. The second-order valence-electron chi connectivity index (χ2n) is 7.94. The Hall–Kier alpha value is -1.71. The maximum absolute atomic E-state index is 11.8. The minimum absolute atomic E-state index is 0. The van der Waals surface area contributed by atoms with Gasteiger partial charge in [-0.05, 0) is 64.0 Å². The third-order valence-corrected chi connectivity index (χ3v) is 5.61. The first-order chi connectivity index (χ1) is 14.0. The van der Waals surface area contributed by atoms with Crippen molar-refractivity contribution in [3.05, 3.63) is 29.3 Å². The molecule has 1 saturated heterocycles. The van der Waals surface area contributed by atoms with Gasteiger partial charge in [0, 0.05) is 24.7 Å². The molecule has 1 aliphatic heterocycles. The molecule has 0 radical (unpaired) electrons. The Morgan fingerprint density at radius 1 is 1.23 bits per heavy atom. The summed E-state index contributed by atoms with van der Waals surface area (Å²) in [6, 6.07) is 6.48. The molecular weight excluding hydrogens is 495 g/mol. The Balaban J connectivity index is 0.00000320. The highest BCUT2D eigenvalue weighted by molar-refractivity contribution is 14.0. The molecule has 2 aliphatic rings. The number of guanidine groups is 1. The lowest BCUT2D eigenvalue weighted by molar-refractivity contribution is 0.0963. The molecule has 0 unspecified atom stereocenters. The molecule has 1 aromatic rings. The highest BCUT2D eigenvalue weighted by atomic mass is 127. The van der Waals surface area contributed by atoms with E-state index in [1.54, 1.807) is 4.90 Å². The summed E-state index contributed by atoms with van der Waals surface area (Å²) in [5.74, 6) is 1.36. The number of rotatable bonds is 6. The number of ether oxygens (including phenoxy) is 2. The van der Waals surface area contributed by atoms with Gasteiger partial charge < -0.3 is 25.4 Å². The Labute approximate surface area is 196 Å². The number of nitrogens with two attached hydrogens (primary N) is 1. The van der Waals surface area contributed by atoms with Gasteiger partial charge in [-0.15, -0.1) is 24.0 Å². The molecular formula is C22H35IN4O3. The van der Waals surface area contributed by atoms with Gasteiger partial charge in [0.1, 0.15) is 5.75 Å². The summed E-state index contributed by atoms with van der Waals surface area (Å²) >= 11 is 0. The van der Waals surface area contributed by atoms with Crippen molar-refractivity contribution in [1.29, 1.82) is 0 Å². The second-order valence-corrected chi connectivity index (χ2v) is 7.94. The fourth-order valence-electron chi connectivity index (χ4n) is 3.93. The van der Waals surface area contributed by atoms with Crippen molar-refractivity contribution in [1.82, 2.24) is 10.2 Å². The van der Waals surface area contributed by atoms with Gasteiger partial charge in [-0.25, -0.2) is 9.79 Å². The van der Waals surface area contributed by atoms with Crippen molar-refractivity contribution >= 4 is 36.0 Å². The van der Waals surface area contributed by atoms with Gasteiger partial charge in [-0.3, -0.25) is 0 Å². The highest BCUT2D eigenvalue weighted by Gasteiger charge is 2.23. The van der Waals surface area contributed by atoms with Crippen LogP contribution in [0, 0.1) is 6.92 Å².